The van der Waals surface area contributed by atoms with E-state index in [4.69, 9.17) is 9.47 Å². The summed E-state index contributed by atoms with van der Waals surface area (Å²) in [6.07, 6.45) is 12.9. The fourth-order valence-corrected chi connectivity index (χ4v) is 5.55. The third kappa shape index (κ3) is 9.43. The standard InChI is InChI=1S/C34H50O6/c1-5-23(2)13-10-8-11-15-24(3)14-9-6-7-12-16-25(4)39-34-32(38)31-29(37)21-28(36)22-30(31)40-33(34)26-17-19-27(35)20-18-26/h17-25,33-37H,5-16H2,1-4H3/t23-,24-,25+,33+,34+/m1/s1. The molecule has 2 aromatic carbocycles. The molecule has 0 unspecified atom stereocenters. The highest BCUT2D eigenvalue weighted by Gasteiger charge is 2.42. The fraction of sp³-hybridized carbons (Fsp3) is 0.618. The number of fused-ring (bicyclic) bond motifs is 1. The second-order valence-electron chi connectivity index (χ2n) is 11.9. The van der Waals surface area contributed by atoms with E-state index in [1.807, 2.05) is 6.92 Å². The third-order valence-electron chi connectivity index (χ3n) is 8.35. The van der Waals surface area contributed by atoms with Crippen LogP contribution in [0.1, 0.15) is 127 Å². The van der Waals surface area contributed by atoms with Crippen LogP contribution in [-0.2, 0) is 4.74 Å². The Labute approximate surface area is 240 Å². The molecular weight excluding hydrogens is 504 g/mol. The molecule has 0 spiro atoms. The van der Waals surface area contributed by atoms with Crippen molar-refractivity contribution in [3.8, 4) is 23.0 Å². The molecule has 0 saturated heterocycles. The van der Waals surface area contributed by atoms with Gasteiger partial charge in [-0.25, -0.2) is 0 Å². The van der Waals surface area contributed by atoms with Crippen molar-refractivity contribution in [3.05, 3.63) is 47.5 Å². The van der Waals surface area contributed by atoms with E-state index in [-0.39, 0.29) is 40.4 Å². The number of carbonyl (C=O) groups excluding carboxylic acids is 1. The van der Waals surface area contributed by atoms with Crippen LogP contribution in [0.5, 0.6) is 23.0 Å². The predicted molar refractivity (Wildman–Crippen MR) is 159 cm³/mol. The second kappa shape index (κ2) is 15.9. The van der Waals surface area contributed by atoms with E-state index < -0.39 is 12.2 Å². The minimum atomic E-state index is -0.950. The number of hydrogen-bond acceptors (Lipinski definition) is 6. The number of Topliss-reactive ketones (excluding diaryl/α,β-unsaturated/α-hetero) is 1. The molecule has 0 fully saturated rings. The quantitative estimate of drug-likeness (QED) is 0.169. The lowest BCUT2D eigenvalue weighted by Crippen LogP contribution is -2.40. The number of carbonyl (C=O) groups is 1. The first-order valence-corrected chi connectivity index (χ1v) is 15.4. The van der Waals surface area contributed by atoms with Gasteiger partial charge in [0.1, 0.15) is 28.6 Å². The molecule has 0 aliphatic carbocycles. The predicted octanol–water partition coefficient (Wildman–Crippen LogP) is 8.87. The maximum Gasteiger partial charge on any atom is 0.203 e. The monoisotopic (exact) mass is 554 g/mol. The largest absolute Gasteiger partial charge is 0.508 e. The number of ketones is 1. The highest BCUT2D eigenvalue weighted by atomic mass is 16.6. The van der Waals surface area contributed by atoms with Crippen molar-refractivity contribution < 1.29 is 29.6 Å². The number of phenols is 3. The van der Waals surface area contributed by atoms with Gasteiger partial charge < -0.3 is 24.8 Å². The van der Waals surface area contributed by atoms with Crippen molar-refractivity contribution in [2.24, 2.45) is 11.8 Å². The first-order valence-electron chi connectivity index (χ1n) is 15.4. The number of benzene rings is 2. The number of unbranched alkanes of at least 4 members (excludes halogenated alkanes) is 5. The molecular formula is C34H50O6. The van der Waals surface area contributed by atoms with Crippen molar-refractivity contribution in [3.63, 3.8) is 0 Å². The van der Waals surface area contributed by atoms with Crippen LogP contribution in [0.2, 0.25) is 0 Å². The summed E-state index contributed by atoms with van der Waals surface area (Å²) in [5.74, 6) is 0.993. The van der Waals surface area contributed by atoms with Crippen molar-refractivity contribution in [1.29, 1.82) is 0 Å². The van der Waals surface area contributed by atoms with E-state index in [1.165, 1.54) is 76.0 Å². The number of rotatable bonds is 17. The van der Waals surface area contributed by atoms with Gasteiger partial charge in [0.05, 0.1) is 6.10 Å². The van der Waals surface area contributed by atoms with E-state index in [2.05, 4.69) is 20.8 Å². The van der Waals surface area contributed by atoms with Crippen molar-refractivity contribution >= 4 is 5.78 Å². The lowest BCUT2D eigenvalue weighted by atomic mass is 9.92. The van der Waals surface area contributed by atoms with Gasteiger partial charge in [-0.3, -0.25) is 4.79 Å². The molecule has 6 nitrogen and oxygen atoms in total. The number of hydrogen-bond donors (Lipinski definition) is 3. The zero-order valence-corrected chi connectivity index (χ0v) is 24.9. The molecule has 2 aromatic rings. The summed E-state index contributed by atoms with van der Waals surface area (Å²) < 4.78 is 12.4. The minimum Gasteiger partial charge on any atom is -0.508 e. The lowest BCUT2D eigenvalue weighted by Gasteiger charge is -2.34. The van der Waals surface area contributed by atoms with E-state index in [0.29, 0.717) is 5.56 Å². The van der Waals surface area contributed by atoms with E-state index >= 15 is 0 Å². The molecule has 5 atom stereocenters. The Morgan fingerprint density at radius 1 is 0.775 bits per heavy atom. The van der Waals surface area contributed by atoms with Gasteiger partial charge in [0, 0.05) is 12.1 Å². The molecule has 3 N–H and O–H groups in total. The Balaban J connectivity index is 1.44. The summed E-state index contributed by atoms with van der Waals surface area (Å²) in [6.45, 7) is 8.99. The SMILES string of the molecule is CC[C@@H](C)CCCCC[C@H](C)CCCCCC[C@H](C)O[C@H]1C(=O)c2c(O)cc(O)cc2O[C@H]1c1ccc(O)cc1. The van der Waals surface area contributed by atoms with Crippen LogP contribution in [0.25, 0.3) is 0 Å². The zero-order valence-electron chi connectivity index (χ0n) is 24.9. The summed E-state index contributed by atoms with van der Waals surface area (Å²) in [5.41, 5.74) is 0.691. The van der Waals surface area contributed by atoms with Gasteiger partial charge in [-0.05, 0) is 42.9 Å². The van der Waals surface area contributed by atoms with Gasteiger partial charge in [-0.1, -0.05) is 104 Å². The topological polar surface area (TPSA) is 96.2 Å². The zero-order chi connectivity index (χ0) is 29.1. The molecule has 6 heteroatoms. The van der Waals surface area contributed by atoms with Crippen LogP contribution in [0.4, 0.5) is 0 Å². The second-order valence-corrected chi connectivity index (χ2v) is 11.9. The molecule has 0 bridgehead atoms. The summed E-state index contributed by atoms with van der Waals surface area (Å²) in [4.78, 5) is 13.5. The number of aromatic hydroxyl groups is 3. The molecule has 3 rings (SSSR count). The highest BCUT2D eigenvalue weighted by Crippen LogP contribution is 2.43. The molecule has 222 valence electrons. The van der Waals surface area contributed by atoms with Gasteiger partial charge in [0.2, 0.25) is 5.78 Å². The van der Waals surface area contributed by atoms with E-state index in [0.717, 1.165) is 37.2 Å². The first-order chi connectivity index (χ1) is 19.2. The van der Waals surface area contributed by atoms with Crippen LogP contribution in [0.3, 0.4) is 0 Å². The molecule has 0 aromatic heterocycles. The summed E-state index contributed by atoms with van der Waals surface area (Å²) in [5, 5.41) is 30.0. The maximum absolute atomic E-state index is 13.5. The highest BCUT2D eigenvalue weighted by molar-refractivity contribution is 6.05. The summed E-state index contributed by atoms with van der Waals surface area (Å²) in [6, 6.07) is 8.92. The van der Waals surface area contributed by atoms with E-state index in [1.54, 1.807) is 12.1 Å². The van der Waals surface area contributed by atoms with Crippen LogP contribution in [0.15, 0.2) is 36.4 Å². The Morgan fingerprint density at radius 3 is 1.98 bits per heavy atom. The van der Waals surface area contributed by atoms with Gasteiger partial charge in [0.25, 0.3) is 0 Å². The van der Waals surface area contributed by atoms with Crippen LogP contribution < -0.4 is 4.74 Å². The molecule has 0 amide bonds. The summed E-state index contributed by atoms with van der Waals surface area (Å²) in [7, 11) is 0. The molecule has 0 radical (unpaired) electrons. The van der Waals surface area contributed by atoms with Gasteiger partial charge in [0.15, 0.2) is 12.2 Å². The average Bonchev–Trinajstić information content (AvgIpc) is 2.91. The number of ether oxygens (including phenoxy) is 2. The van der Waals surface area contributed by atoms with Crippen LogP contribution >= 0.6 is 0 Å². The molecule has 1 heterocycles. The number of phenolic OH excluding ortho intramolecular Hbond substituents is 3. The lowest BCUT2D eigenvalue weighted by molar-refractivity contribution is -0.0551. The van der Waals surface area contributed by atoms with Crippen molar-refractivity contribution in [2.45, 2.75) is 123 Å². The van der Waals surface area contributed by atoms with Crippen molar-refractivity contribution in [2.75, 3.05) is 0 Å². The normalized spacial score (nSPS) is 19.1. The molecule has 1 aliphatic rings. The van der Waals surface area contributed by atoms with Crippen molar-refractivity contribution in [1.82, 2.24) is 0 Å². The molecule has 40 heavy (non-hydrogen) atoms. The Bertz CT molecular complexity index is 1050. The van der Waals surface area contributed by atoms with Crippen LogP contribution in [0, 0.1) is 11.8 Å². The van der Waals surface area contributed by atoms with Gasteiger partial charge >= 0.3 is 0 Å². The molecule has 1 aliphatic heterocycles. The smallest absolute Gasteiger partial charge is 0.203 e. The molecule has 0 saturated carbocycles. The Kier molecular flexibility index (Phi) is 12.6. The van der Waals surface area contributed by atoms with E-state index in [9.17, 15) is 20.1 Å². The minimum absolute atomic E-state index is 0.0228. The maximum atomic E-state index is 13.5. The third-order valence-corrected chi connectivity index (χ3v) is 8.35. The Morgan fingerprint density at radius 2 is 1.35 bits per heavy atom. The van der Waals surface area contributed by atoms with Crippen LogP contribution in [-0.4, -0.2) is 33.3 Å². The van der Waals surface area contributed by atoms with Gasteiger partial charge in [-0.2, -0.15) is 0 Å². The first kappa shape index (κ1) is 31.8. The fourth-order valence-electron chi connectivity index (χ4n) is 5.55. The summed E-state index contributed by atoms with van der Waals surface area (Å²) >= 11 is 0. The van der Waals surface area contributed by atoms with Gasteiger partial charge in [-0.15, -0.1) is 0 Å². The Hall–Kier alpha value is -2.73. The average molecular weight is 555 g/mol.